The van der Waals surface area contributed by atoms with Crippen molar-refractivity contribution in [1.29, 1.82) is 0 Å². The number of anilines is 1. The van der Waals surface area contributed by atoms with Crippen molar-refractivity contribution in [3.05, 3.63) is 59.6 Å². The summed E-state index contributed by atoms with van der Waals surface area (Å²) in [4.78, 5) is 23.2. The molecule has 1 fully saturated rings. The number of halogens is 1. The molecule has 0 radical (unpaired) electrons. The first kappa shape index (κ1) is 19.0. The van der Waals surface area contributed by atoms with Gasteiger partial charge in [0.25, 0.3) is 5.91 Å². The van der Waals surface area contributed by atoms with Gasteiger partial charge in [0, 0.05) is 24.5 Å². The molecule has 1 aliphatic rings. The lowest BCUT2D eigenvalue weighted by Crippen LogP contribution is -2.43. The highest BCUT2D eigenvalue weighted by molar-refractivity contribution is 7.22. The second-order valence-electron chi connectivity index (χ2n) is 7.08. The fraction of sp³-hybridized carbons (Fsp3) is 0.250. The lowest BCUT2D eigenvalue weighted by atomic mass is 10.1. The van der Waals surface area contributed by atoms with Gasteiger partial charge >= 0.3 is 0 Å². The van der Waals surface area contributed by atoms with Crippen LogP contribution in [0.5, 0.6) is 0 Å². The number of benzene rings is 1. The number of pyridine rings is 1. The first-order chi connectivity index (χ1) is 14.7. The molecule has 152 valence electrons. The third-order valence-corrected chi connectivity index (χ3v) is 6.38. The second kappa shape index (κ2) is 8.00. The third-order valence-electron chi connectivity index (χ3n) is 5.18. The van der Waals surface area contributed by atoms with E-state index in [9.17, 15) is 4.79 Å². The summed E-state index contributed by atoms with van der Waals surface area (Å²) in [5, 5.41) is 16.3. The number of carbonyl (C=O) groups is 1. The van der Waals surface area contributed by atoms with E-state index in [1.54, 1.807) is 30.9 Å². The highest BCUT2D eigenvalue weighted by Crippen LogP contribution is 2.32. The number of hydrogen-bond donors (Lipinski definition) is 2. The number of hydrogen-bond acceptors (Lipinski definition) is 7. The smallest absolute Gasteiger partial charge is 0.253 e. The van der Waals surface area contributed by atoms with Crippen LogP contribution in [0.3, 0.4) is 0 Å². The molecule has 0 unspecified atom stereocenters. The summed E-state index contributed by atoms with van der Waals surface area (Å²) in [6.07, 6.45) is 9.42. The number of para-hydroxylation sites is 1. The maximum atomic E-state index is 13.1. The molecule has 1 aliphatic carbocycles. The van der Waals surface area contributed by atoms with Crippen LogP contribution in [0.15, 0.2) is 49.1 Å². The van der Waals surface area contributed by atoms with Crippen LogP contribution in [-0.2, 0) is 0 Å². The van der Waals surface area contributed by atoms with Crippen LogP contribution in [0.25, 0.3) is 15.9 Å². The second-order valence-corrected chi connectivity index (χ2v) is 8.52. The van der Waals surface area contributed by atoms with Gasteiger partial charge < -0.3 is 10.6 Å². The van der Waals surface area contributed by atoms with Gasteiger partial charge in [-0.2, -0.15) is 15.0 Å². The lowest BCUT2D eigenvalue weighted by Gasteiger charge is -2.22. The number of rotatable bonds is 5. The number of aromatic nitrogens is 5. The molecule has 1 amide bonds. The molecule has 4 aromatic rings. The van der Waals surface area contributed by atoms with Gasteiger partial charge in [0.1, 0.15) is 5.52 Å². The molecule has 0 spiro atoms. The molecule has 3 aromatic heterocycles. The molecule has 10 heteroatoms. The first-order valence-electron chi connectivity index (χ1n) is 9.62. The summed E-state index contributed by atoms with van der Waals surface area (Å²) in [6.45, 7) is 0. The van der Waals surface area contributed by atoms with Crippen LogP contribution in [0, 0.1) is 0 Å². The van der Waals surface area contributed by atoms with Crippen LogP contribution in [-0.4, -0.2) is 43.0 Å². The van der Waals surface area contributed by atoms with Crippen LogP contribution in [0.1, 0.15) is 29.6 Å². The van der Waals surface area contributed by atoms with Crippen molar-refractivity contribution in [2.75, 3.05) is 5.32 Å². The molecule has 5 rings (SSSR count). The summed E-state index contributed by atoms with van der Waals surface area (Å²) < 4.78 is 0.934. The average Bonchev–Trinajstić information content (AvgIpc) is 3.50. The normalized spacial score (nSPS) is 18.6. The van der Waals surface area contributed by atoms with E-state index in [1.165, 1.54) is 16.1 Å². The third kappa shape index (κ3) is 3.61. The zero-order valence-electron chi connectivity index (χ0n) is 15.8. The lowest BCUT2D eigenvalue weighted by molar-refractivity contribution is 0.0935. The molecule has 0 saturated heterocycles. The van der Waals surface area contributed by atoms with Gasteiger partial charge in [-0.3, -0.25) is 9.78 Å². The zero-order chi connectivity index (χ0) is 20.5. The number of nitrogens with zero attached hydrogens (tertiary/aromatic N) is 5. The maximum absolute atomic E-state index is 13.1. The predicted molar refractivity (Wildman–Crippen MR) is 116 cm³/mol. The van der Waals surface area contributed by atoms with E-state index in [0.29, 0.717) is 16.3 Å². The van der Waals surface area contributed by atoms with E-state index >= 15 is 0 Å². The molecule has 1 aromatic carbocycles. The van der Waals surface area contributed by atoms with Crippen molar-refractivity contribution in [2.24, 2.45) is 0 Å². The Morgan fingerprint density at radius 3 is 2.77 bits per heavy atom. The van der Waals surface area contributed by atoms with Crippen molar-refractivity contribution in [2.45, 2.75) is 31.3 Å². The molecule has 8 nitrogen and oxygen atoms in total. The average molecular weight is 440 g/mol. The van der Waals surface area contributed by atoms with Crippen molar-refractivity contribution in [1.82, 2.24) is 30.3 Å². The molecule has 30 heavy (non-hydrogen) atoms. The topological polar surface area (TPSA) is 97.6 Å². The molecular weight excluding hydrogens is 422 g/mol. The number of amides is 1. The van der Waals surface area contributed by atoms with Gasteiger partial charge in [0.05, 0.1) is 33.4 Å². The van der Waals surface area contributed by atoms with Crippen molar-refractivity contribution >= 4 is 44.2 Å². The highest BCUT2D eigenvalue weighted by Gasteiger charge is 2.30. The number of nitrogens with one attached hydrogen (secondary N) is 2. The Labute approximate surface area is 181 Å². The standard InChI is InChI=1S/C20H18ClN7OS/c21-13-10-22-11-17-18(13)27-20(30-17)26-15-6-3-5-14(15)25-19(29)12-4-1-2-7-16(12)28-23-8-9-24-28/h1-2,4,7-11,14-15H,3,5-6H2,(H,25,29)(H,26,27)/t14-,15+/m0/s1. The maximum Gasteiger partial charge on any atom is 0.253 e. The Morgan fingerprint density at radius 1 is 1.13 bits per heavy atom. The van der Waals surface area contributed by atoms with Gasteiger partial charge in [-0.05, 0) is 31.4 Å². The van der Waals surface area contributed by atoms with E-state index in [1.807, 2.05) is 18.2 Å². The van der Waals surface area contributed by atoms with Crippen LogP contribution >= 0.6 is 22.9 Å². The molecular formula is C20H18ClN7OS. The van der Waals surface area contributed by atoms with Crippen LogP contribution in [0.2, 0.25) is 5.02 Å². The van der Waals surface area contributed by atoms with Crippen LogP contribution in [0.4, 0.5) is 5.13 Å². The quantitative estimate of drug-likeness (QED) is 0.492. The van der Waals surface area contributed by atoms with Crippen molar-refractivity contribution in [3.8, 4) is 5.69 Å². The fourth-order valence-electron chi connectivity index (χ4n) is 3.77. The summed E-state index contributed by atoms with van der Waals surface area (Å²) in [5.41, 5.74) is 1.94. The molecule has 0 bridgehead atoms. The van der Waals surface area contributed by atoms with Gasteiger partial charge in [0.15, 0.2) is 5.13 Å². The van der Waals surface area contributed by atoms with Crippen LogP contribution < -0.4 is 10.6 Å². The fourth-order valence-corrected chi connectivity index (χ4v) is 4.95. The molecule has 2 atom stereocenters. The minimum absolute atomic E-state index is 0.00301. The van der Waals surface area contributed by atoms with Crippen molar-refractivity contribution < 1.29 is 4.79 Å². The Kier molecular flexibility index (Phi) is 5.06. The molecule has 1 saturated carbocycles. The Balaban J connectivity index is 1.33. The Morgan fingerprint density at radius 2 is 1.93 bits per heavy atom. The van der Waals surface area contributed by atoms with Gasteiger partial charge in [-0.15, -0.1) is 0 Å². The SMILES string of the molecule is O=C(N[C@H]1CCC[C@H]1Nc1nc2c(Cl)cncc2s1)c1ccccc1-n1nccn1. The van der Waals surface area contributed by atoms with Crippen molar-refractivity contribution in [3.63, 3.8) is 0 Å². The summed E-state index contributed by atoms with van der Waals surface area (Å²) in [5.74, 6) is -0.141. The van der Waals surface area contributed by atoms with Gasteiger partial charge in [0.2, 0.25) is 0 Å². The molecule has 0 aliphatic heterocycles. The van der Waals surface area contributed by atoms with E-state index in [4.69, 9.17) is 11.6 Å². The summed E-state index contributed by atoms with van der Waals surface area (Å²) in [6, 6.07) is 7.41. The monoisotopic (exact) mass is 439 g/mol. The molecule has 2 N–H and O–H groups in total. The van der Waals surface area contributed by atoms with Gasteiger partial charge in [-0.25, -0.2) is 4.98 Å². The largest absolute Gasteiger partial charge is 0.357 e. The predicted octanol–water partition coefficient (Wildman–Crippen LogP) is 3.69. The van der Waals surface area contributed by atoms with E-state index in [-0.39, 0.29) is 18.0 Å². The number of carbonyl (C=O) groups excluding carboxylic acids is 1. The Bertz CT molecular complexity index is 1190. The summed E-state index contributed by atoms with van der Waals surface area (Å²) >= 11 is 7.71. The van der Waals surface area contributed by atoms with E-state index in [0.717, 1.165) is 34.6 Å². The number of thiazole rings is 1. The van der Waals surface area contributed by atoms with E-state index < -0.39 is 0 Å². The zero-order valence-corrected chi connectivity index (χ0v) is 17.4. The minimum Gasteiger partial charge on any atom is -0.357 e. The number of fused-ring (bicyclic) bond motifs is 1. The molecule has 3 heterocycles. The van der Waals surface area contributed by atoms with E-state index in [2.05, 4.69) is 30.8 Å². The van der Waals surface area contributed by atoms with Gasteiger partial charge in [-0.1, -0.05) is 35.1 Å². The summed E-state index contributed by atoms with van der Waals surface area (Å²) in [7, 11) is 0. The first-order valence-corrected chi connectivity index (χ1v) is 10.8. The Hall–Kier alpha value is -3.04. The highest BCUT2D eigenvalue weighted by atomic mass is 35.5. The minimum atomic E-state index is -0.141.